The van der Waals surface area contributed by atoms with E-state index in [4.69, 9.17) is 11.6 Å². The second-order valence-electron chi connectivity index (χ2n) is 4.03. The Kier molecular flexibility index (Phi) is 3.41. The summed E-state index contributed by atoms with van der Waals surface area (Å²) in [5, 5.41) is 14.8. The van der Waals surface area contributed by atoms with Crippen LogP contribution in [0.2, 0.25) is 0 Å². The number of alkyl halides is 1. The molecule has 1 aliphatic carbocycles. The minimum atomic E-state index is 0.184. The van der Waals surface area contributed by atoms with Gasteiger partial charge in [-0.05, 0) is 23.3 Å². The second kappa shape index (κ2) is 4.79. The first-order chi connectivity index (χ1) is 7.27. The highest BCUT2D eigenvalue weighted by molar-refractivity contribution is 6.21. The van der Waals surface area contributed by atoms with Gasteiger partial charge in [-0.15, -0.1) is 11.6 Å². The maximum absolute atomic E-state index is 6.32. The average Bonchev–Trinajstić information content (AvgIpc) is 2.50. The molecule has 0 radical (unpaired) electrons. The van der Waals surface area contributed by atoms with Crippen molar-refractivity contribution in [2.45, 2.75) is 43.5 Å². The van der Waals surface area contributed by atoms with Crippen LogP contribution in [0.3, 0.4) is 0 Å². The Balaban J connectivity index is 2.00. The van der Waals surface area contributed by atoms with E-state index in [1.807, 2.05) is 7.05 Å². The van der Waals surface area contributed by atoms with E-state index in [2.05, 4.69) is 20.8 Å². The SMILES string of the molecule is Cn1nnnc1NC1CCCCCC1Cl. The lowest BCUT2D eigenvalue weighted by Gasteiger charge is -2.20. The molecule has 15 heavy (non-hydrogen) atoms. The number of nitrogens with one attached hydrogen (secondary N) is 1. The van der Waals surface area contributed by atoms with Gasteiger partial charge in [0.25, 0.3) is 0 Å². The molecule has 2 atom stereocenters. The fourth-order valence-corrected chi connectivity index (χ4v) is 2.29. The highest BCUT2D eigenvalue weighted by atomic mass is 35.5. The van der Waals surface area contributed by atoms with Gasteiger partial charge >= 0.3 is 0 Å². The van der Waals surface area contributed by atoms with Gasteiger partial charge in [-0.1, -0.05) is 24.4 Å². The highest BCUT2D eigenvalue weighted by Gasteiger charge is 2.22. The van der Waals surface area contributed by atoms with Gasteiger partial charge in [0.05, 0.1) is 5.38 Å². The topological polar surface area (TPSA) is 55.6 Å². The van der Waals surface area contributed by atoms with Crippen LogP contribution < -0.4 is 5.32 Å². The Labute approximate surface area is 94.2 Å². The van der Waals surface area contributed by atoms with Gasteiger partial charge in [-0.25, -0.2) is 4.68 Å². The third-order valence-corrected chi connectivity index (χ3v) is 3.39. The van der Waals surface area contributed by atoms with Crippen LogP contribution in [-0.4, -0.2) is 31.6 Å². The zero-order chi connectivity index (χ0) is 10.7. The summed E-state index contributed by atoms with van der Waals surface area (Å²) in [7, 11) is 1.82. The average molecular weight is 230 g/mol. The number of aromatic nitrogens is 4. The van der Waals surface area contributed by atoms with Crippen molar-refractivity contribution in [3.8, 4) is 0 Å². The van der Waals surface area contributed by atoms with Crippen molar-refractivity contribution in [2.75, 3.05) is 5.32 Å². The van der Waals surface area contributed by atoms with Gasteiger partial charge in [0.1, 0.15) is 0 Å². The predicted molar refractivity (Wildman–Crippen MR) is 58.9 cm³/mol. The van der Waals surface area contributed by atoms with Crippen LogP contribution in [0.1, 0.15) is 32.1 Å². The fraction of sp³-hybridized carbons (Fsp3) is 0.889. The zero-order valence-electron chi connectivity index (χ0n) is 8.86. The molecule has 1 saturated carbocycles. The molecule has 1 aliphatic rings. The Hall–Kier alpha value is -0.840. The van der Waals surface area contributed by atoms with E-state index in [1.54, 1.807) is 4.68 Å². The van der Waals surface area contributed by atoms with Crippen molar-refractivity contribution in [3.63, 3.8) is 0 Å². The summed E-state index contributed by atoms with van der Waals surface area (Å²) in [5.74, 6) is 0.701. The summed E-state index contributed by atoms with van der Waals surface area (Å²) >= 11 is 6.32. The third-order valence-electron chi connectivity index (χ3n) is 2.87. The molecule has 1 fully saturated rings. The highest BCUT2D eigenvalue weighted by Crippen LogP contribution is 2.24. The van der Waals surface area contributed by atoms with Crippen LogP contribution in [0, 0.1) is 0 Å². The number of aryl methyl sites for hydroxylation is 1. The normalized spacial score (nSPS) is 27.3. The Bertz CT molecular complexity index is 313. The summed E-state index contributed by atoms with van der Waals surface area (Å²) in [6.45, 7) is 0. The van der Waals surface area contributed by atoms with Crippen LogP contribution in [0.4, 0.5) is 5.95 Å². The molecule has 1 aromatic heterocycles. The molecule has 84 valence electrons. The van der Waals surface area contributed by atoms with Crippen molar-refractivity contribution in [1.82, 2.24) is 20.2 Å². The van der Waals surface area contributed by atoms with Crippen LogP contribution >= 0.6 is 11.6 Å². The second-order valence-corrected chi connectivity index (χ2v) is 4.59. The minimum absolute atomic E-state index is 0.184. The molecular weight excluding hydrogens is 214 g/mol. The molecular formula is C9H16ClN5. The molecule has 2 rings (SSSR count). The maximum atomic E-state index is 6.32. The van der Waals surface area contributed by atoms with E-state index in [9.17, 15) is 0 Å². The van der Waals surface area contributed by atoms with Crippen molar-refractivity contribution in [3.05, 3.63) is 0 Å². The van der Waals surface area contributed by atoms with Crippen molar-refractivity contribution >= 4 is 17.5 Å². The van der Waals surface area contributed by atoms with Gasteiger partial charge in [0.2, 0.25) is 5.95 Å². The third kappa shape index (κ3) is 2.59. The van der Waals surface area contributed by atoms with Crippen LogP contribution in [0.5, 0.6) is 0 Å². The molecule has 0 amide bonds. The van der Waals surface area contributed by atoms with Crippen LogP contribution in [0.15, 0.2) is 0 Å². The molecule has 0 spiro atoms. The van der Waals surface area contributed by atoms with Crippen molar-refractivity contribution in [2.24, 2.45) is 7.05 Å². The first-order valence-electron chi connectivity index (χ1n) is 5.40. The number of nitrogens with zero attached hydrogens (tertiary/aromatic N) is 4. The quantitative estimate of drug-likeness (QED) is 0.618. The molecule has 1 N–H and O–H groups in total. The van der Waals surface area contributed by atoms with E-state index >= 15 is 0 Å². The molecule has 1 heterocycles. The number of hydrogen-bond acceptors (Lipinski definition) is 4. The summed E-state index contributed by atoms with van der Waals surface area (Å²) in [4.78, 5) is 0. The molecule has 2 unspecified atom stereocenters. The van der Waals surface area contributed by atoms with Gasteiger partial charge in [0.15, 0.2) is 0 Å². The molecule has 6 heteroatoms. The van der Waals surface area contributed by atoms with Crippen LogP contribution in [-0.2, 0) is 7.05 Å². The van der Waals surface area contributed by atoms with Crippen molar-refractivity contribution < 1.29 is 0 Å². The fourth-order valence-electron chi connectivity index (χ4n) is 1.94. The van der Waals surface area contributed by atoms with E-state index in [0.717, 1.165) is 12.8 Å². The predicted octanol–water partition coefficient (Wildman–Crippen LogP) is 1.56. The Morgan fingerprint density at radius 1 is 1.33 bits per heavy atom. The lowest BCUT2D eigenvalue weighted by Crippen LogP contribution is -2.30. The van der Waals surface area contributed by atoms with E-state index < -0.39 is 0 Å². The van der Waals surface area contributed by atoms with Crippen molar-refractivity contribution in [1.29, 1.82) is 0 Å². The zero-order valence-corrected chi connectivity index (χ0v) is 9.61. The number of rotatable bonds is 2. The molecule has 0 saturated heterocycles. The summed E-state index contributed by atoms with van der Waals surface area (Å²) < 4.78 is 1.63. The first kappa shape index (κ1) is 10.7. The molecule has 5 nitrogen and oxygen atoms in total. The standard InChI is InChI=1S/C9H16ClN5/c1-15-9(12-13-14-15)11-8-6-4-2-3-5-7(8)10/h7-8H,2-6H2,1H3,(H,11,12,14). The van der Waals surface area contributed by atoms with E-state index in [0.29, 0.717) is 12.0 Å². The number of tetrazole rings is 1. The van der Waals surface area contributed by atoms with Crippen LogP contribution in [0.25, 0.3) is 0 Å². The van der Waals surface area contributed by atoms with Gasteiger partial charge < -0.3 is 5.32 Å². The minimum Gasteiger partial charge on any atom is -0.349 e. The smallest absolute Gasteiger partial charge is 0.242 e. The molecule has 1 aromatic rings. The maximum Gasteiger partial charge on any atom is 0.242 e. The largest absolute Gasteiger partial charge is 0.349 e. The molecule has 0 aliphatic heterocycles. The first-order valence-corrected chi connectivity index (χ1v) is 5.84. The van der Waals surface area contributed by atoms with Gasteiger partial charge in [-0.2, -0.15) is 0 Å². The Morgan fingerprint density at radius 3 is 2.87 bits per heavy atom. The van der Waals surface area contributed by atoms with E-state index in [-0.39, 0.29) is 5.38 Å². The number of halogens is 1. The van der Waals surface area contributed by atoms with Gasteiger partial charge in [0, 0.05) is 13.1 Å². The number of hydrogen-bond donors (Lipinski definition) is 1. The molecule has 0 bridgehead atoms. The lowest BCUT2D eigenvalue weighted by atomic mass is 10.1. The number of anilines is 1. The summed E-state index contributed by atoms with van der Waals surface area (Å²) in [5.41, 5.74) is 0. The van der Waals surface area contributed by atoms with E-state index in [1.165, 1.54) is 19.3 Å². The Morgan fingerprint density at radius 2 is 2.13 bits per heavy atom. The molecule has 0 aromatic carbocycles. The summed E-state index contributed by atoms with van der Waals surface area (Å²) in [6, 6.07) is 0.291. The van der Waals surface area contributed by atoms with Gasteiger partial charge in [-0.3, -0.25) is 0 Å². The lowest BCUT2D eigenvalue weighted by molar-refractivity contribution is 0.612. The summed E-state index contributed by atoms with van der Waals surface area (Å²) in [6.07, 6.45) is 5.90. The monoisotopic (exact) mass is 229 g/mol.